The van der Waals surface area contributed by atoms with Gasteiger partial charge in [-0.1, -0.05) is 34.1 Å². The summed E-state index contributed by atoms with van der Waals surface area (Å²) in [6.45, 7) is 0.476. The molecule has 98 valence electrons. The van der Waals surface area contributed by atoms with Gasteiger partial charge in [0.1, 0.15) is 11.5 Å². The first kappa shape index (κ1) is 13.5. The fraction of sp³-hybridized carbons (Fsp3) is 0.143. The monoisotopic (exact) mass is 319 g/mol. The number of amides is 1. The molecule has 1 aromatic heterocycles. The topological polar surface area (TPSA) is 54.0 Å². The lowest BCUT2D eigenvalue weighted by molar-refractivity contribution is 0.0946. The van der Waals surface area contributed by atoms with E-state index in [0.717, 1.165) is 10.0 Å². The van der Waals surface area contributed by atoms with Crippen LogP contribution < -0.4 is 10.6 Å². The van der Waals surface area contributed by atoms with Gasteiger partial charge in [0, 0.05) is 18.1 Å². The normalized spacial score (nSPS) is 10.0. The number of anilines is 1. The number of nitrogens with one attached hydrogen (secondary N) is 2. The molecule has 1 amide bonds. The number of benzene rings is 1. The van der Waals surface area contributed by atoms with Gasteiger partial charge in [-0.3, -0.25) is 4.79 Å². The summed E-state index contributed by atoms with van der Waals surface area (Å²) in [5.41, 5.74) is 1.44. The van der Waals surface area contributed by atoms with Gasteiger partial charge >= 0.3 is 0 Å². The third kappa shape index (κ3) is 3.79. The van der Waals surface area contributed by atoms with E-state index in [0.29, 0.717) is 18.1 Å². The Kier molecular flexibility index (Phi) is 4.52. The van der Waals surface area contributed by atoms with E-state index < -0.39 is 0 Å². The molecule has 0 aliphatic carbocycles. The summed E-state index contributed by atoms with van der Waals surface area (Å²) in [7, 11) is 1.77. The third-order valence-corrected chi connectivity index (χ3v) is 3.07. The molecule has 2 aromatic rings. The van der Waals surface area contributed by atoms with Crippen molar-refractivity contribution in [2.24, 2.45) is 0 Å². The van der Waals surface area contributed by atoms with Gasteiger partial charge in [0.15, 0.2) is 0 Å². The van der Waals surface area contributed by atoms with Crippen molar-refractivity contribution in [3.05, 3.63) is 58.2 Å². The minimum atomic E-state index is -0.183. The van der Waals surface area contributed by atoms with E-state index in [9.17, 15) is 4.79 Å². The van der Waals surface area contributed by atoms with Gasteiger partial charge in [0.05, 0.1) is 0 Å². The first-order chi connectivity index (χ1) is 9.19. The van der Waals surface area contributed by atoms with Crippen molar-refractivity contribution >= 4 is 27.7 Å². The molecule has 0 spiro atoms. The number of rotatable bonds is 4. The van der Waals surface area contributed by atoms with Gasteiger partial charge < -0.3 is 10.6 Å². The SMILES string of the molecule is CNc1cccc(C(=O)NCc2cccc(Br)c2)n1. The second-order valence-corrected chi connectivity index (χ2v) is 4.89. The molecule has 1 heterocycles. The molecule has 0 aliphatic heterocycles. The second kappa shape index (κ2) is 6.33. The van der Waals surface area contributed by atoms with Crippen LogP contribution in [0.4, 0.5) is 5.82 Å². The van der Waals surface area contributed by atoms with Crippen molar-refractivity contribution in [1.82, 2.24) is 10.3 Å². The average molecular weight is 320 g/mol. The number of nitrogens with zero attached hydrogens (tertiary/aromatic N) is 1. The van der Waals surface area contributed by atoms with E-state index in [2.05, 4.69) is 31.5 Å². The number of hydrogen-bond acceptors (Lipinski definition) is 3. The van der Waals surface area contributed by atoms with Crippen LogP contribution in [-0.2, 0) is 6.54 Å². The predicted molar refractivity (Wildman–Crippen MR) is 79.1 cm³/mol. The molecule has 0 saturated heterocycles. The van der Waals surface area contributed by atoms with Gasteiger partial charge in [-0.05, 0) is 29.8 Å². The maximum absolute atomic E-state index is 12.0. The van der Waals surface area contributed by atoms with E-state index in [1.807, 2.05) is 30.3 Å². The Hall–Kier alpha value is -1.88. The van der Waals surface area contributed by atoms with Gasteiger partial charge in [0.2, 0.25) is 0 Å². The molecule has 1 aromatic carbocycles. The summed E-state index contributed by atoms with van der Waals surface area (Å²) in [4.78, 5) is 16.1. The van der Waals surface area contributed by atoms with Crippen molar-refractivity contribution in [3.8, 4) is 0 Å². The molecule has 19 heavy (non-hydrogen) atoms. The Morgan fingerprint density at radius 1 is 1.26 bits per heavy atom. The van der Waals surface area contributed by atoms with Crippen LogP contribution in [0, 0.1) is 0 Å². The zero-order valence-electron chi connectivity index (χ0n) is 10.5. The summed E-state index contributed by atoms with van der Waals surface area (Å²) >= 11 is 3.40. The molecule has 0 unspecified atom stereocenters. The molecule has 0 atom stereocenters. The Bertz CT molecular complexity index is 586. The van der Waals surface area contributed by atoms with Crippen LogP contribution in [0.3, 0.4) is 0 Å². The first-order valence-electron chi connectivity index (χ1n) is 5.86. The first-order valence-corrected chi connectivity index (χ1v) is 6.66. The van der Waals surface area contributed by atoms with Crippen LogP contribution in [0.15, 0.2) is 46.9 Å². The van der Waals surface area contributed by atoms with Crippen molar-refractivity contribution in [3.63, 3.8) is 0 Å². The maximum Gasteiger partial charge on any atom is 0.270 e. The second-order valence-electron chi connectivity index (χ2n) is 3.97. The highest BCUT2D eigenvalue weighted by Gasteiger charge is 2.07. The van der Waals surface area contributed by atoms with Crippen LogP contribution in [0.25, 0.3) is 0 Å². The van der Waals surface area contributed by atoms with Crippen LogP contribution in [-0.4, -0.2) is 17.9 Å². The van der Waals surface area contributed by atoms with Crippen LogP contribution >= 0.6 is 15.9 Å². The smallest absolute Gasteiger partial charge is 0.270 e. The minimum Gasteiger partial charge on any atom is -0.373 e. The van der Waals surface area contributed by atoms with Crippen molar-refractivity contribution in [2.75, 3.05) is 12.4 Å². The molecule has 5 heteroatoms. The number of carbonyl (C=O) groups excluding carboxylic acids is 1. The van der Waals surface area contributed by atoms with E-state index in [-0.39, 0.29) is 5.91 Å². The zero-order chi connectivity index (χ0) is 13.7. The number of aromatic nitrogens is 1. The van der Waals surface area contributed by atoms with E-state index >= 15 is 0 Å². The van der Waals surface area contributed by atoms with E-state index in [1.54, 1.807) is 19.2 Å². The molecule has 0 aliphatic rings. The zero-order valence-corrected chi connectivity index (χ0v) is 12.1. The Morgan fingerprint density at radius 3 is 2.79 bits per heavy atom. The molecule has 0 fully saturated rings. The van der Waals surface area contributed by atoms with E-state index in [4.69, 9.17) is 0 Å². The van der Waals surface area contributed by atoms with Gasteiger partial charge in [-0.2, -0.15) is 0 Å². The third-order valence-electron chi connectivity index (χ3n) is 2.58. The van der Waals surface area contributed by atoms with Crippen LogP contribution in [0.1, 0.15) is 16.1 Å². The summed E-state index contributed by atoms with van der Waals surface area (Å²) in [6, 6.07) is 13.1. The number of pyridine rings is 1. The molecule has 0 saturated carbocycles. The average Bonchev–Trinajstić information content (AvgIpc) is 2.45. The highest BCUT2D eigenvalue weighted by molar-refractivity contribution is 9.10. The molecule has 4 nitrogen and oxygen atoms in total. The molecular weight excluding hydrogens is 306 g/mol. The Morgan fingerprint density at radius 2 is 2.05 bits per heavy atom. The van der Waals surface area contributed by atoms with Crippen molar-refractivity contribution in [2.45, 2.75) is 6.54 Å². The molecular formula is C14H14BrN3O. The lowest BCUT2D eigenvalue weighted by Crippen LogP contribution is -2.23. The number of carbonyl (C=O) groups is 1. The minimum absolute atomic E-state index is 0.183. The van der Waals surface area contributed by atoms with Gasteiger partial charge in [-0.25, -0.2) is 4.98 Å². The van der Waals surface area contributed by atoms with Gasteiger partial charge in [0.25, 0.3) is 5.91 Å². The van der Waals surface area contributed by atoms with Crippen LogP contribution in [0.5, 0.6) is 0 Å². The standard InChI is InChI=1S/C14H14BrN3O/c1-16-13-7-3-6-12(18-13)14(19)17-9-10-4-2-5-11(15)8-10/h2-8H,9H2,1H3,(H,16,18)(H,17,19). The lowest BCUT2D eigenvalue weighted by Gasteiger charge is -2.06. The highest BCUT2D eigenvalue weighted by atomic mass is 79.9. The predicted octanol–water partition coefficient (Wildman–Crippen LogP) is 2.82. The summed E-state index contributed by atoms with van der Waals surface area (Å²) in [6.07, 6.45) is 0. The number of halogens is 1. The largest absolute Gasteiger partial charge is 0.373 e. The fourth-order valence-corrected chi connectivity index (χ4v) is 2.07. The fourth-order valence-electron chi connectivity index (χ4n) is 1.62. The summed E-state index contributed by atoms with van der Waals surface area (Å²) < 4.78 is 0.995. The highest BCUT2D eigenvalue weighted by Crippen LogP contribution is 2.11. The summed E-state index contributed by atoms with van der Waals surface area (Å²) in [5.74, 6) is 0.493. The maximum atomic E-state index is 12.0. The Labute approximate surface area is 120 Å². The van der Waals surface area contributed by atoms with Crippen molar-refractivity contribution < 1.29 is 4.79 Å². The van der Waals surface area contributed by atoms with Gasteiger partial charge in [-0.15, -0.1) is 0 Å². The molecule has 0 radical (unpaired) electrons. The quantitative estimate of drug-likeness (QED) is 0.911. The molecule has 2 N–H and O–H groups in total. The molecule has 0 bridgehead atoms. The number of hydrogen-bond donors (Lipinski definition) is 2. The lowest BCUT2D eigenvalue weighted by atomic mass is 10.2. The van der Waals surface area contributed by atoms with Crippen LogP contribution in [0.2, 0.25) is 0 Å². The summed E-state index contributed by atoms with van der Waals surface area (Å²) in [5, 5.41) is 5.75. The molecule has 2 rings (SSSR count). The van der Waals surface area contributed by atoms with Crippen molar-refractivity contribution in [1.29, 1.82) is 0 Å². The Balaban J connectivity index is 2.01. The van der Waals surface area contributed by atoms with E-state index in [1.165, 1.54) is 0 Å².